The maximum Gasteiger partial charge on any atom is 0.342 e. The Morgan fingerprint density at radius 1 is 1.12 bits per heavy atom. The van der Waals surface area contributed by atoms with Crippen LogP contribution in [0.1, 0.15) is 49.0 Å². The zero-order valence-electron chi connectivity index (χ0n) is 14.7. The van der Waals surface area contributed by atoms with Gasteiger partial charge in [-0.25, -0.2) is 4.79 Å². The average molecular weight is 346 g/mol. The SMILES string of the molecule is CC(C)[C@@H]1C/C=C/CC/C=C/C(O)Cc2cc(O)cc(O)c2C(=O)O1. The van der Waals surface area contributed by atoms with E-state index in [0.717, 1.165) is 18.9 Å². The minimum atomic E-state index is -0.819. The van der Waals surface area contributed by atoms with Crippen molar-refractivity contribution in [3.05, 3.63) is 47.6 Å². The molecule has 5 nitrogen and oxygen atoms in total. The molecule has 25 heavy (non-hydrogen) atoms. The quantitative estimate of drug-likeness (QED) is 0.535. The number of esters is 1. The fraction of sp³-hybridized carbons (Fsp3) is 0.450. The second-order valence-electron chi connectivity index (χ2n) is 6.67. The van der Waals surface area contributed by atoms with Crippen molar-refractivity contribution in [2.24, 2.45) is 5.92 Å². The van der Waals surface area contributed by atoms with Crippen LogP contribution >= 0.6 is 0 Å². The molecule has 5 heteroatoms. The lowest BCUT2D eigenvalue weighted by Crippen LogP contribution is -2.24. The second kappa shape index (κ2) is 8.72. The van der Waals surface area contributed by atoms with Crippen LogP contribution in [-0.4, -0.2) is 33.5 Å². The van der Waals surface area contributed by atoms with Crippen molar-refractivity contribution < 1.29 is 24.9 Å². The van der Waals surface area contributed by atoms with E-state index in [4.69, 9.17) is 4.74 Å². The van der Waals surface area contributed by atoms with Crippen LogP contribution in [0.2, 0.25) is 0 Å². The predicted octanol–water partition coefficient (Wildman–Crippen LogP) is 3.48. The average Bonchev–Trinajstić information content (AvgIpc) is 2.51. The summed E-state index contributed by atoms with van der Waals surface area (Å²) in [6.45, 7) is 3.94. The van der Waals surface area contributed by atoms with E-state index >= 15 is 0 Å². The van der Waals surface area contributed by atoms with E-state index in [-0.39, 0.29) is 35.5 Å². The third kappa shape index (κ3) is 5.36. The highest BCUT2D eigenvalue weighted by Crippen LogP contribution is 2.30. The van der Waals surface area contributed by atoms with Crippen molar-refractivity contribution in [3.63, 3.8) is 0 Å². The summed E-state index contributed by atoms with van der Waals surface area (Å²) in [6, 6.07) is 2.49. The number of allylic oxidation sites excluding steroid dienone is 2. The van der Waals surface area contributed by atoms with Crippen LogP contribution in [-0.2, 0) is 11.2 Å². The fourth-order valence-corrected chi connectivity index (χ4v) is 2.81. The van der Waals surface area contributed by atoms with E-state index in [1.165, 1.54) is 6.07 Å². The number of hydrogen-bond donors (Lipinski definition) is 3. The van der Waals surface area contributed by atoms with E-state index < -0.39 is 12.1 Å². The lowest BCUT2D eigenvalue weighted by Gasteiger charge is -2.22. The Kier molecular flexibility index (Phi) is 6.65. The molecule has 0 aliphatic carbocycles. The third-order valence-corrected chi connectivity index (χ3v) is 4.21. The molecule has 136 valence electrons. The molecule has 2 atom stereocenters. The van der Waals surface area contributed by atoms with E-state index in [1.54, 1.807) is 6.08 Å². The lowest BCUT2D eigenvalue weighted by atomic mass is 9.98. The summed E-state index contributed by atoms with van der Waals surface area (Å²) >= 11 is 0. The van der Waals surface area contributed by atoms with Gasteiger partial charge in [0.2, 0.25) is 0 Å². The Hall–Kier alpha value is -2.27. The molecule has 0 fully saturated rings. The summed E-state index contributed by atoms with van der Waals surface area (Å²) in [5, 5.41) is 30.0. The molecule has 1 aromatic carbocycles. The number of phenolic OH excluding ortho intramolecular Hbond substituents is 2. The molecule has 1 aliphatic heterocycles. The number of aliphatic hydroxyl groups excluding tert-OH is 1. The maximum atomic E-state index is 12.6. The van der Waals surface area contributed by atoms with Crippen LogP contribution in [0.4, 0.5) is 0 Å². The van der Waals surface area contributed by atoms with Crippen molar-refractivity contribution in [3.8, 4) is 11.5 Å². The van der Waals surface area contributed by atoms with Gasteiger partial charge in [-0.05, 0) is 30.4 Å². The molecule has 1 aromatic rings. The minimum Gasteiger partial charge on any atom is -0.508 e. The third-order valence-electron chi connectivity index (χ3n) is 4.21. The van der Waals surface area contributed by atoms with Gasteiger partial charge in [0.25, 0.3) is 0 Å². The molecule has 0 bridgehead atoms. The standard InChI is InChI=1S/C20H26O5/c1-13(2)18-9-7-5-3-4-6-8-15(21)10-14-11-16(22)12-17(23)19(14)20(24)25-18/h5-8,11-13,15,18,21-23H,3-4,9-10H2,1-2H3/b7-5+,8-6+/t15?,18-/m0/s1. The Morgan fingerprint density at radius 3 is 2.56 bits per heavy atom. The van der Waals surface area contributed by atoms with Crippen LogP contribution < -0.4 is 0 Å². The molecule has 0 spiro atoms. The molecular formula is C20H26O5. The Morgan fingerprint density at radius 2 is 1.84 bits per heavy atom. The highest BCUT2D eigenvalue weighted by Gasteiger charge is 2.24. The summed E-state index contributed by atoms with van der Waals surface area (Å²) in [7, 11) is 0. The molecule has 0 aromatic heterocycles. The van der Waals surface area contributed by atoms with E-state index in [2.05, 4.69) is 0 Å². The first kappa shape index (κ1) is 19.1. The first-order valence-corrected chi connectivity index (χ1v) is 8.64. The first-order valence-electron chi connectivity index (χ1n) is 8.64. The molecule has 0 amide bonds. The van der Waals surface area contributed by atoms with Crippen LogP contribution in [0.15, 0.2) is 36.4 Å². The first-order chi connectivity index (χ1) is 11.9. The number of carbonyl (C=O) groups excluding carboxylic acids is 1. The molecule has 0 saturated carbocycles. The molecular weight excluding hydrogens is 320 g/mol. The predicted molar refractivity (Wildman–Crippen MR) is 95.7 cm³/mol. The Labute approximate surface area is 148 Å². The highest BCUT2D eigenvalue weighted by molar-refractivity contribution is 5.94. The van der Waals surface area contributed by atoms with Crippen molar-refractivity contribution in [2.45, 2.75) is 51.7 Å². The molecule has 1 aliphatic rings. The maximum absolute atomic E-state index is 12.6. The second-order valence-corrected chi connectivity index (χ2v) is 6.67. The van der Waals surface area contributed by atoms with Gasteiger partial charge in [-0.1, -0.05) is 38.2 Å². The van der Waals surface area contributed by atoms with Gasteiger partial charge in [0.1, 0.15) is 23.2 Å². The largest absolute Gasteiger partial charge is 0.508 e. The molecule has 0 saturated heterocycles. The van der Waals surface area contributed by atoms with Gasteiger partial charge in [0.15, 0.2) is 0 Å². The summed E-state index contributed by atoms with van der Waals surface area (Å²) in [5.41, 5.74) is 0.353. The number of benzene rings is 1. The normalized spacial score (nSPS) is 24.9. The molecule has 0 radical (unpaired) electrons. The number of fused-ring (bicyclic) bond motifs is 1. The zero-order valence-corrected chi connectivity index (χ0v) is 14.7. The summed E-state index contributed by atoms with van der Waals surface area (Å²) in [6.07, 6.45) is 8.80. The van der Waals surface area contributed by atoms with E-state index in [9.17, 15) is 20.1 Å². The highest BCUT2D eigenvalue weighted by atomic mass is 16.5. The summed E-state index contributed by atoms with van der Waals surface area (Å²) < 4.78 is 5.61. The molecule has 1 unspecified atom stereocenters. The Balaban J connectivity index is 2.42. The van der Waals surface area contributed by atoms with Gasteiger partial charge in [-0.3, -0.25) is 0 Å². The topological polar surface area (TPSA) is 87.0 Å². The smallest absolute Gasteiger partial charge is 0.342 e. The molecule has 3 N–H and O–H groups in total. The molecule has 2 rings (SSSR count). The van der Waals surface area contributed by atoms with Crippen molar-refractivity contribution in [1.29, 1.82) is 0 Å². The van der Waals surface area contributed by atoms with E-state index in [1.807, 2.05) is 32.1 Å². The van der Waals surface area contributed by atoms with Crippen LogP contribution in [0.5, 0.6) is 11.5 Å². The zero-order chi connectivity index (χ0) is 18.4. The number of aliphatic hydroxyl groups is 1. The van der Waals surface area contributed by atoms with Crippen molar-refractivity contribution in [1.82, 2.24) is 0 Å². The Bertz CT molecular complexity index is 660. The lowest BCUT2D eigenvalue weighted by molar-refractivity contribution is 0.0188. The number of carbonyl (C=O) groups is 1. The van der Waals surface area contributed by atoms with Gasteiger partial charge >= 0.3 is 5.97 Å². The summed E-state index contributed by atoms with van der Waals surface area (Å²) in [4.78, 5) is 12.6. The number of aromatic hydroxyl groups is 2. The van der Waals surface area contributed by atoms with Gasteiger partial charge in [-0.2, -0.15) is 0 Å². The van der Waals surface area contributed by atoms with Crippen LogP contribution in [0.3, 0.4) is 0 Å². The van der Waals surface area contributed by atoms with Crippen molar-refractivity contribution >= 4 is 5.97 Å². The molecule has 1 heterocycles. The van der Waals surface area contributed by atoms with E-state index in [0.29, 0.717) is 12.0 Å². The number of ether oxygens (including phenoxy) is 1. The number of rotatable bonds is 1. The minimum absolute atomic E-state index is 0.00283. The van der Waals surface area contributed by atoms with Gasteiger partial charge in [0.05, 0.1) is 6.10 Å². The number of hydrogen-bond acceptors (Lipinski definition) is 5. The van der Waals surface area contributed by atoms with Crippen molar-refractivity contribution in [2.75, 3.05) is 0 Å². The monoisotopic (exact) mass is 346 g/mol. The van der Waals surface area contributed by atoms with Gasteiger partial charge in [0, 0.05) is 18.9 Å². The van der Waals surface area contributed by atoms with Crippen LogP contribution in [0.25, 0.3) is 0 Å². The fourth-order valence-electron chi connectivity index (χ4n) is 2.81. The number of phenols is 2. The summed E-state index contributed by atoms with van der Waals surface area (Å²) in [5.74, 6) is -1.03. The van der Waals surface area contributed by atoms with Gasteiger partial charge < -0.3 is 20.1 Å². The van der Waals surface area contributed by atoms with Crippen LogP contribution in [0, 0.1) is 5.92 Å². The van der Waals surface area contributed by atoms with Gasteiger partial charge in [-0.15, -0.1) is 0 Å². The number of cyclic esters (lactones) is 1.